The number of fused-ring (bicyclic) bond motifs is 1. The fourth-order valence-corrected chi connectivity index (χ4v) is 3.87. The summed E-state index contributed by atoms with van der Waals surface area (Å²) < 4.78 is 0. The first-order chi connectivity index (χ1) is 11.7. The predicted molar refractivity (Wildman–Crippen MR) is 94.7 cm³/mol. The van der Waals surface area contributed by atoms with Gasteiger partial charge in [0.1, 0.15) is 0 Å². The van der Waals surface area contributed by atoms with Crippen molar-refractivity contribution in [2.24, 2.45) is 5.41 Å². The number of aromatic nitrogens is 1. The van der Waals surface area contributed by atoms with Gasteiger partial charge in [-0.15, -0.1) is 0 Å². The summed E-state index contributed by atoms with van der Waals surface area (Å²) in [5, 5.41) is 2.97. The Morgan fingerprint density at radius 3 is 2.68 bits per heavy atom. The number of likely N-dealkylation sites (tertiary alicyclic amines) is 1. The molecule has 0 spiro atoms. The Balaban J connectivity index is 1.73. The molecule has 1 aromatic rings. The summed E-state index contributed by atoms with van der Waals surface area (Å²) in [7, 11) is 0. The molecule has 6 nitrogen and oxygen atoms in total. The molecular weight excluding hydrogens is 318 g/mol. The standard InChI is InChI=1S/C19H27N3O3/c1-11-16(17-13(20-11)6-5-7-14(17)23)18(25)21-12-8-15(24)22(9-12)10-19(2,3)4/h12,20H,5-10H2,1-4H3,(H,21,25)/t12-/m1/s1. The third kappa shape index (κ3) is 3.62. The lowest BCUT2D eigenvalue weighted by molar-refractivity contribution is -0.128. The van der Waals surface area contributed by atoms with Crippen molar-refractivity contribution in [3.05, 3.63) is 22.5 Å². The Bertz CT molecular complexity index is 727. The summed E-state index contributed by atoms with van der Waals surface area (Å²) in [5.41, 5.74) is 2.64. The number of nitrogens with zero attached hydrogens (tertiary/aromatic N) is 1. The van der Waals surface area contributed by atoms with Crippen LogP contribution >= 0.6 is 0 Å². The molecule has 2 aliphatic rings. The molecule has 2 amide bonds. The van der Waals surface area contributed by atoms with Gasteiger partial charge in [0.15, 0.2) is 5.78 Å². The topological polar surface area (TPSA) is 82.3 Å². The maximum absolute atomic E-state index is 12.8. The van der Waals surface area contributed by atoms with Crippen LogP contribution in [0, 0.1) is 12.3 Å². The molecule has 1 aliphatic heterocycles. The van der Waals surface area contributed by atoms with Crippen molar-refractivity contribution in [1.29, 1.82) is 0 Å². The molecule has 0 saturated carbocycles. The van der Waals surface area contributed by atoms with E-state index in [1.807, 2.05) is 11.8 Å². The van der Waals surface area contributed by atoms with Crippen LogP contribution in [0.2, 0.25) is 0 Å². The summed E-state index contributed by atoms with van der Waals surface area (Å²) in [6.45, 7) is 9.30. The van der Waals surface area contributed by atoms with E-state index in [2.05, 4.69) is 31.1 Å². The van der Waals surface area contributed by atoms with Gasteiger partial charge in [-0.1, -0.05) is 20.8 Å². The molecule has 2 N–H and O–H groups in total. The summed E-state index contributed by atoms with van der Waals surface area (Å²) in [5.74, 6) is -0.141. The van der Waals surface area contributed by atoms with Crippen molar-refractivity contribution in [2.75, 3.05) is 13.1 Å². The highest BCUT2D eigenvalue weighted by atomic mass is 16.2. The second-order valence-corrected chi connectivity index (χ2v) is 8.46. The fourth-order valence-electron chi connectivity index (χ4n) is 3.87. The predicted octanol–water partition coefficient (Wildman–Crippen LogP) is 2.22. The number of carbonyl (C=O) groups is 3. The number of carbonyl (C=O) groups excluding carboxylic acids is 3. The highest BCUT2D eigenvalue weighted by molar-refractivity contribution is 6.10. The van der Waals surface area contributed by atoms with Crippen LogP contribution in [0.15, 0.2) is 0 Å². The number of aromatic amines is 1. The second kappa shape index (κ2) is 6.32. The van der Waals surface area contributed by atoms with E-state index < -0.39 is 0 Å². The highest BCUT2D eigenvalue weighted by Gasteiger charge is 2.35. The molecule has 1 aromatic heterocycles. The Morgan fingerprint density at radius 2 is 2.00 bits per heavy atom. The first-order valence-corrected chi connectivity index (χ1v) is 8.99. The number of rotatable bonds is 3. The third-order valence-electron chi connectivity index (χ3n) is 4.82. The number of ketones is 1. The number of Topliss-reactive ketones (excluding diaryl/α,β-unsaturated/α-hetero) is 1. The van der Waals surface area contributed by atoms with Gasteiger partial charge < -0.3 is 15.2 Å². The molecule has 136 valence electrons. The molecule has 1 saturated heterocycles. The first kappa shape index (κ1) is 17.7. The monoisotopic (exact) mass is 345 g/mol. The molecule has 0 radical (unpaired) electrons. The molecule has 1 aliphatic carbocycles. The van der Waals surface area contributed by atoms with Crippen LogP contribution in [0.25, 0.3) is 0 Å². The van der Waals surface area contributed by atoms with E-state index in [4.69, 9.17) is 0 Å². The Kier molecular flexibility index (Phi) is 4.47. The molecule has 1 fully saturated rings. The average molecular weight is 345 g/mol. The van der Waals surface area contributed by atoms with E-state index in [1.54, 1.807) is 0 Å². The van der Waals surface area contributed by atoms with Gasteiger partial charge in [-0.05, 0) is 25.2 Å². The lowest BCUT2D eigenvalue weighted by Crippen LogP contribution is -2.39. The Hall–Kier alpha value is -2.11. The van der Waals surface area contributed by atoms with Crippen LogP contribution in [0.4, 0.5) is 0 Å². The zero-order valence-electron chi connectivity index (χ0n) is 15.5. The summed E-state index contributed by atoms with van der Waals surface area (Å²) >= 11 is 0. The van der Waals surface area contributed by atoms with Gasteiger partial charge in [-0.3, -0.25) is 14.4 Å². The number of aryl methyl sites for hydroxylation is 2. The van der Waals surface area contributed by atoms with E-state index in [9.17, 15) is 14.4 Å². The van der Waals surface area contributed by atoms with E-state index in [0.29, 0.717) is 37.1 Å². The van der Waals surface area contributed by atoms with Crippen molar-refractivity contribution in [1.82, 2.24) is 15.2 Å². The first-order valence-electron chi connectivity index (χ1n) is 8.99. The zero-order valence-corrected chi connectivity index (χ0v) is 15.5. The molecule has 6 heteroatoms. The molecular formula is C19H27N3O3. The number of hydrogen-bond donors (Lipinski definition) is 2. The minimum atomic E-state index is -0.249. The number of hydrogen-bond acceptors (Lipinski definition) is 3. The summed E-state index contributed by atoms with van der Waals surface area (Å²) in [6.07, 6.45) is 2.44. The molecule has 0 bridgehead atoms. The van der Waals surface area contributed by atoms with Gasteiger partial charge in [0, 0.05) is 37.3 Å². The van der Waals surface area contributed by atoms with Crippen LogP contribution in [0.3, 0.4) is 0 Å². The van der Waals surface area contributed by atoms with Gasteiger partial charge in [0.2, 0.25) is 5.91 Å². The van der Waals surface area contributed by atoms with Crippen molar-refractivity contribution in [2.45, 2.75) is 59.4 Å². The van der Waals surface area contributed by atoms with Gasteiger partial charge >= 0.3 is 0 Å². The van der Waals surface area contributed by atoms with E-state index >= 15 is 0 Å². The molecule has 3 rings (SSSR count). The van der Waals surface area contributed by atoms with Gasteiger partial charge in [-0.25, -0.2) is 0 Å². The van der Waals surface area contributed by atoms with E-state index in [-0.39, 0.29) is 29.1 Å². The minimum Gasteiger partial charge on any atom is -0.361 e. The van der Waals surface area contributed by atoms with Crippen LogP contribution in [0.1, 0.15) is 72.1 Å². The maximum Gasteiger partial charge on any atom is 0.254 e. The number of amides is 2. The highest BCUT2D eigenvalue weighted by Crippen LogP contribution is 2.27. The number of H-pyrrole nitrogens is 1. The summed E-state index contributed by atoms with van der Waals surface area (Å²) in [6, 6.07) is -0.203. The van der Waals surface area contributed by atoms with Crippen molar-refractivity contribution < 1.29 is 14.4 Å². The Labute approximate surface area is 148 Å². The fraction of sp³-hybridized carbons (Fsp3) is 0.632. The zero-order chi connectivity index (χ0) is 18.4. The normalized spacial score (nSPS) is 20.8. The summed E-state index contributed by atoms with van der Waals surface area (Å²) in [4.78, 5) is 42.2. The molecule has 1 atom stereocenters. The van der Waals surface area contributed by atoms with Crippen LogP contribution in [-0.2, 0) is 11.2 Å². The minimum absolute atomic E-state index is 0.0251. The van der Waals surface area contributed by atoms with Gasteiger partial charge in [0.25, 0.3) is 5.91 Å². The van der Waals surface area contributed by atoms with Crippen molar-refractivity contribution >= 4 is 17.6 Å². The van der Waals surface area contributed by atoms with Crippen molar-refractivity contribution in [3.8, 4) is 0 Å². The van der Waals surface area contributed by atoms with Crippen LogP contribution in [0.5, 0.6) is 0 Å². The SMILES string of the molecule is Cc1[nH]c2c(c1C(=O)N[C@@H]1CC(=O)N(CC(C)(C)C)C1)C(=O)CCC2. The second-order valence-electron chi connectivity index (χ2n) is 8.46. The average Bonchev–Trinajstić information content (AvgIpc) is 2.98. The van der Waals surface area contributed by atoms with Crippen LogP contribution in [-0.4, -0.2) is 46.6 Å². The van der Waals surface area contributed by atoms with Gasteiger partial charge in [-0.2, -0.15) is 0 Å². The van der Waals surface area contributed by atoms with Crippen molar-refractivity contribution in [3.63, 3.8) is 0 Å². The quantitative estimate of drug-likeness (QED) is 0.881. The lowest BCUT2D eigenvalue weighted by atomic mass is 9.93. The largest absolute Gasteiger partial charge is 0.361 e. The third-order valence-corrected chi connectivity index (χ3v) is 4.82. The smallest absolute Gasteiger partial charge is 0.254 e. The van der Waals surface area contributed by atoms with Crippen LogP contribution < -0.4 is 5.32 Å². The van der Waals surface area contributed by atoms with Gasteiger partial charge in [0.05, 0.1) is 17.2 Å². The number of nitrogens with one attached hydrogen (secondary N) is 2. The molecule has 2 heterocycles. The van der Waals surface area contributed by atoms with E-state index in [0.717, 1.165) is 24.2 Å². The Morgan fingerprint density at radius 1 is 1.28 bits per heavy atom. The van der Waals surface area contributed by atoms with E-state index in [1.165, 1.54) is 0 Å². The molecule has 0 aromatic carbocycles. The lowest BCUT2D eigenvalue weighted by Gasteiger charge is -2.26. The molecule has 25 heavy (non-hydrogen) atoms. The molecule has 0 unspecified atom stereocenters. The maximum atomic E-state index is 12.8.